The smallest absolute Gasteiger partial charge is 0.0909 e. The van der Waals surface area contributed by atoms with Crippen molar-refractivity contribution >= 4 is 47.6 Å². The summed E-state index contributed by atoms with van der Waals surface area (Å²) in [6, 6.07) is 43.9. The molecule has 0 radical (unpaired) electrons. The Morgan fingerprint density at radius 1 is 0.289 bits per heavy atom. The van der Waals surface area contributed by atoms with E-state index in [1.165, 1.54) is 0 Å². The molecule has 0 atom stereocenters. The van der Waals surface area contributed by atoms with Gasteiger partial charge in [-0.05, 0) is 34.4 Å². The van der Waals surface area contributed by atoms with Crippen LogP contribution in [0.15, 0.2) is 153 Å². The molecule has 0 unspecified atom stereocenters. The molecule has 0 aromatic heterocycles. The van der Waals surface area contributed by atoms with Crippen LogP contribution in [-0.4, -0.2) is 24.9 Å². The Morgan fingerprint density at radius 2 is 0.500 bits per heavy atom. The van der Waals surface area contributed by atoms with E-state index in [-0.39, 0.29) is 0 Å². The summed E-state index contributed by atoms with van der Waals surface area (Å²) in [5, 5.41) is 0. The van der Waals surface area contributed by atoms with E-state index in [2.05, 4.69) is 0 Å². The molecule has 0 spiro atoms. The average Bonchev–Trinajstić information content (AvgIpc) is 2.99. The van der Waals surface area contributed by atoms with Crippen LogP contribution in [0.25, 0.3) is 0 Å². The zero-order valence-corrected chi connectivity index (χ0v) is 20.8. The third-order valence-corrected chi connectivity index (χ3v) is 5.68. The Morgan fingerprint density at radius 3 is 0.711 bits per heavy atom. The van der Waals surface area contributed by atoms with Gasteiger partial charge in [-0.3, -0.25) is 20.0 Å². The van der Waals surface area contributed by atoms with Crippen molar-refractivity contribution in [1.29, 1.82) is 0 Å². The molecule has 0 saturated carbocycles. The minimum absolute atomic E-state index is 0.708. The summed E-state index contributed by atoms with van der Waals surface area (Å²) in [4.78, 5) is 19.2. The molecule has 0 N–H and O–H groups in total. The molecule has 0 aliphatic carbocycles. The van der Waals surface area contributed by atoms with Gasteiger partial charge in [-0.25, -0.2) is 0 Å². The van der Waals surface area contributed by atoms with Crippen molar-refractivity contribution in [3.05, 3.63) is 156 Å². The van der Waals surface area contributed by atoms with Gasteiger partial charge in [0, 0.05) is 24.9 Å². The standard InChI is InChI=1S/C34H26N4/c1-5-13-27(14-6-1)23-35-31-21-33(37-25-29-17-9-3-10-18-29)34(38-26-30-19-11-4-12-20-30)22-32(31)36-24-28-15-7-2-8-16-28/h1-26H/b35-23-,36-24+,37-25-,38-26+. The molecule has 5 aromatic carbocycles. The number of benzene rings is 5. The predicted molar refractivity (Wildman–Crippen MR) is 161 cm³/mol. The zero-order valence-electron chi connectivity index (χ0n) is 20.8. The Bertz CT molecular complexity index is 1330. The second-order valence-electron chi connectivity index (χ2n) is 8.51. The van der Waals surface area contributed by atoms with Gasteiger partial charge in [-0.2, -0.15) is 0 Å². The molecule has 0 heterocycles. The first-order valence-corrected chi connectivity index (χ1v) is 12.4. The molecule has 4 heteroatoms. The van der Waals surface area contributed by atoms with E-state index < -0.39 is 0 Å². The maximum atomic E-state index is 4.80. The lowest BCUT2D eigenvalue weighted by Gasteiger charge is -2.07. The molecule has 0 fully saturated rings. The number of hydrogen-bond donors (Lipinski definition) is 0. The van der Waals surface area contributed by atoms with Gasteiger partial charge in [0.15, 0.2) is 0 Å². The quantitative estimate of drug-likeness (QED) is 0.195. The molecule has 4 nitrogen and oxygen atoms in total. The molecule has 38 heavy (non-hydrogen) atoms. The van der Waals surface area contributed by atoms with E-state index in [9.17, 15) is 0 Å². The molecular formula is C34H26N4. The van der Waals surface area contributed by atoms with Crippen LogP contribution in [-0.2, 0) is 0 Å². The Kier molecular flexibility index (Phi) is 8.15. The summed E-state index contributed by atoms with van der Waals surface area (Å²) in [6.07, 6.45) is 7.37. The van der Waals surface area contributed by atoms with Gasteiger partial charge in [0.1, 0.15) is 0 Å². The Balaban J connectivity index is 1.60. The van der Waals surface area contributed by atoms with Gasteiger partial charge in [0.25, 0.3) is 0 Å². The minimum Gasteiger partial charge on any atom is -0.254 e. The first-order valence-electron chi connectivity index (χ1n) is 12.4. The topological polar surface area (TPSA) is 49.4 Å². The summed E-state index contributed by atoms with van der Waals surface area (Å²) >= 11 is 0. The van der Waals surface area contributed by atoms with Crippen molar-refractivity contribution in [1.82, 2.24) is 0 Å². The highest BCUT2D eigenvalue weighted by Gasteiger charge is 2.09. The number of aliphatic imine (C=N–C) groups is 4. The summed E-state index contributed by atoms with van der Waals surface area (Å²) in [5.74, 6) is 0. The fourth-order valence-corrected chi connectivity index (χ4v) is 3.70. The van der Waals surface area contributed by atoms with Gasteiger partial charge in [0.05, 0.1) is 22.7 Å². The number of rotatable bonds is 8. The van der Waals surface area contributed by atoms with Crippen LogP contribution in [0.2, 0.25) is 0 Å². The Hall–Kier alpha value is -5.22. The molecule has 0 bridgehead atoms. The van der Waals surface area contributed by atoms with E-state index >= 15 is 0 Å². The summed E-state index contributed by atoms with van der Waals surface area (Å²) in [6.45, 7) is 0. The molecule has 182 valence electrons. The van der Waals surface area contributed by atoms with E-state index in [0.29, 0.717) is 22.7 Å². The fourth-order valence-electron chi connectivity index (χ4n) is 3.70. The zero-order chi connectivity index (χ0) is 25.8. The molecule has 0 saturated heterocycles. The number of hydrogen-bond acceptors (Lipinski definition) is 4. The van der Waals surface area contributed by atoms with Crippen LogP contribution in [0.1, 0.15) is 22.3 Å². The molecule has 5 aromatic rings. The van der Waals surface area contributed by atoms with Gasteiger partial charge < -0.3 is 0 Å². The monoisotopic (exact) mass is 490 g/mol. The second-order valence-corrected chi connectivity index (χ2v) is 8.51. The number of nitrogens with zero attached hydrogens (tertiary/aromatic N) is 4. The largest absolute Gasteiger partial charge is 0.254 e. The van der Waals surface area contributed by atoms with Crippen molar-refractivity contribution in [3.63, 3.8) is 0 Å². The van der Waals surface area contributed by atoms with E-state index in [4.69, 9.17) is 20.0 Å². The molecule has 0 amide bonds. The Labute approximate surface area is 223 Å². The van der Waals surface area contributed by atoms with Crippen molar-refractivity contribution in [3.8, 4) is 0 Å². The highest BCUT2D eigenvalue weighted by Crippen LogP contribution is 2.40. The lowest BCUT2D eigenvalue weighted by molar-refractivity contribution is 1.40. The van der Waals surface area contributed by atoms with Crippen molar-refractivity contribution in [2.75, 3.05) is 0 Å². The van der Waals surface area contributed by atoms with Gasteiger partial charge in [-0.15, -0.1) is 0 Å². The lowest BCUT2D eigenvalue weighted by atomic mass is 10.2. The van der Waals surface area contributed by atoms with Crippen LogP contribution < -0.4 is 0 Å². The molecule has 5 rings (SSSR count). The third kappa shape index (κ3) is 6.93. The summed E-state index contributed by atoms with van der Waals surface area (Å²) < 4.78 is 0. The summed E-state index contributed by atoms with van der Waals surface area (Å²) in [5.41, 5.74) is 6.86. The van der Waals surface area contributed by atoms with Gasteiger partial charge in [0.2, 0.25) is 0 Å². The molecule has 0 aliphatic heterocycles. The van der Waals surface area contributed by atoms with Crippen LogP contribution in [0, 0.1) is 0 Å². The molecular weight excluding hydrogens is 464 g/mol. The van der Waals surface area contributed by atoms with Crippen LogP contribution in [0.4, 0.5) is 22.7 Å². The van der Waals surface area contributed by atoms with E-state index in [1.54, 1.807) is 0 Å². The van der Waals surface area contributed by atoms with Crippen LogP contribution in [0.5, 0.6) is 0 Å². The van der Waals surface area contributed by atoms with E-state index in [1.807, 2.05) is 158 Å². The SMILES string of the molecule is C(=N/c1cc(/N=C\c2ccccc2)c(/N=C/c2ccccc2)cc1/N=C/c1ccccc1)/c1ccccc1. The first kappa shape index (κ1) is 24.5. The fraction of sp³-hybridized carbons (Fsp3) is 0. The second kappa shape index (κ2) is 12.7. The summed E-state index contributed by atoms with van der Waals surface area (Å²) in [7, 11) is 0. The lowest BCUT2D eigenvalue weighted by Crippen LogP contribution is -1.84. The van der Waals surface area contributed by atoms with Crippen molar-refractivity contribution in [2.24, 2.45) is 20.0 Å². The highest BCUT2D eigenvalue weighted by atomic mass is 14.9. The minimum atomic E-state index is 0.708. The normalized spacial score (nSPS) is 11.8. The predicted octanol–water partition coefficient (Wildman–Crippen LogP) is 8.69. The van der Waals surface area contributed by atoms with Gasteiger partial charge >= 0.3 is 0 Å². The van der Waals surface area contributed by atoms with Crippen LogP contribution >= 0.6 is 0 Å². The maximum absolute atomic E-state index is 4.80. The maximum Gasteiger partial charge on any atom is 0.0909 e. The van der Waals surface area contributed by atoms with E-state index in [0.717, 1.165) is 22.3 Å². The third-order valence-electron chi connectivity index (χ3n) is 5.68. The average molecular weight is 491 g/mol. The first-order chi connectivity index (χ1) is 18.8. The molecule has 0 aliphatic rings. The highest BCUT2D eigenvalue weighted by molar-refractivity contribution is 5.92. The van der Waals surface area contributed by atoms with Crippen molar-refractivity contribution < 1.29 is 0 Å². The van der Waals surface area contributed by atoms with Gasteiger partial charge in [-0.1, -0.05) is 121 Å². The van der Waals surface area contributed by atoms with Crippen molar-refractivity contribution in [2.45, 2.75) is 0 Å². The van der Waals surface area contributed by atoms with Crippen LogP contribution in [0.3, 0.4) is 0 Å².